The smallest absolute Gasteiger partial charge is 0.150 e. The zero-order valence-corrected chi connectivity index (χ0v) is 12.5. The summed E-state index contributed by atoms with van der Waals surface area (Å²) in [6.07, 6.45) is 4.23. The minimum absolute atomic E-state index is 0.309. The highest BCUT2D eigenvalue weighted by Gasteiger charge is 2.36. The molecule has 1 heterocycles. The fourth-order valence-electron chi connectivity index (χ4n) is 2.49. The average molecular weight is 281 g/mol. The Bertz CT molecular complexity index is 434. The maximum atomic E-state index is 9.43. The van der Waals surface area contributed by atoms with E-state index in [0.717, 1.165) is 35.8 Å². The van der Waals surface area contributed by atoms with Gasteiger partial charge < -0.3 is 0 Å². The molecule has 18 heavy (non-hydrogen) atoms. The van der Waals surface area contributed by atoms with E-state index in [1.165, 1.54) is 6.42 Å². The number of thiazole rings is 1. The SMILES string of the molecule is CCNC1(C#N)CCCC(Sc2nc(C)cs2)C1. The number of aryl methyl sites for hydroxylation is 1. The second-order valence-corrected chi connectivity index (χ2v) is 7.22. The topological polar surface area (TPSA) is 48.7 Å². The van der Waals surface area contributed by atoms with Crippen LogP contribution < -0.4 is 5.32 Å². The third-order valence-electron chi connectivity index (χ3n) is 3.30. The van der Waals surface area contributed by atoms with Crippen LogP contribution in [0, 0.1) is 18.3 Å². The van der Waals surface area contributed by atoms with Crippen LogP contribution in [0.5, 0.6) is 0 Å². The molecule has 1 aromatic rings. The first-order valence-corrected chi connectivity index (χ1v) is 8.18. The van der Waals surface area contributed by atoms with Gasteiger partial charge in [-0.3, -0.25) is 5.32 Å². The molecule has 2 atom stereocenters. The Labute approximate surface area is 117 Å². The van der Waals surface area contributed by atoms with Gasteiger partial charge in [-0.1, -0.05) is 18.7 Å². The monoisotopic (exact) mass is 281 g/mol. The van der Waals surface area contributed by atoms with Gasteiger partial charge in [0.1, 0.15) is 9.88 Å². The van der Waals surface area contributed by atoms with Crippen molar-refractivity contribution < 1.29 is 0 Å². The van der Waals surface area contributed by atoms with Gasteiger partial charge in [0.05, 0.1) is 6.07 Å². The molecule has 0 spiro atoms. The normalized spacial score (nSPS) is 27.9. The third kappa shape index (κ3) is 3.25. The molecule has 1 aliphatic carbocycles. The van der Waals surface area contributed by atoms with Crippen molar-refractivity contribution in [1.82, 2.24) is 10.3 Å². The summed E-state index contributed by atoms with van der Waals surface area (Å²) in [7, 11) is 0. The molecule has 1 fully saturated rings. The van der Waals surface area contributed by atoms with E-state index in [1.54, 1.807) is 11.3 Å². The number of nitrogens with zero attached hydrogens (tertiary/aromatic N) is 2. The van der Waals surface area contributed by atoms with Crippen LogP contribution in [-0.4, -0.2) is 22.3 Å². The molecular weight excluding hydrogens is 262 g/mol. The lowest BCUT2D eigenvalue weighted by Crippen LogP contribution is -2.48. The van der Waals surface area contributed by atoms with Crippen LogP contribution >= 0.6 is 23.1 Å². The average Bonchev–Trinajstić information content (AvgIpc) is 2.75. The largest absolute Gasteiger partial charge is 0.300 e. The second kappa shape index (κ2) is 6.05. The van der Waals surface area contributed by atoms with Crippen LogP contribution in [0.1, 0.15) is 38.3 Å². The summed E-state index contributed by atoms with van der Waals surface area (Å²) in [4.78, 5) is 4.50. The minimum atomic E-state index is -0.309. The van der Waals surface area contributed by atoms with Gasteiger partial charge in [0.2, 0.25) is 0 Å². The van der Waals surface area contributed by atoms with Crippen LogP contribution in [0.15, 0.2) is 9.72 Å². The lowest BCUT2D eigenvalue weighted by Gasteiger charge is -2.35. The molecule has 98 valence electrons. The second-order valence-electron chi connectivity index (χ2n) is 4.82. The zero-order chi connectivity index (χ0) is 13.0. The predicted octanol–water partition coefficient (Wildman–Crippen LogP) is 3.36. The van der Waals surface area contributed by atoms with E-state index >= 15 is 0 Å². The number of hydrogen-bond acceptors (Lipinski definition) is 5. The van der Waals surface area contributed by atoms with E-state index in [9.17, 15) is 5.26 Å². The van der Waals surface area contributed by atoms with Crippen LogP contribution in [0.25, 0.3) is 0 Å². The van der Waals surface area contributed by atoms with E-state index in [4.69, 9.17) is 0 Å². The Morgan fingerprint density at radius 3 is 3.17 bits per heavy atom. The van der Waals surface area contributed by atoms with Crippen molar-refractivity contribution in [2.24, 2.45) is 0 Å². The van der Waals surface area contributed by atoms with Gasteiger partial charge >= 0.3 is 0 Å². The number of thioether (sulfide) groups is 1. The summed E-state index contributed by atoms with van der Waals surface area (Å²) in [5.41, 5.74) is 0.785. The van der Waals surface area contributed by atoms with Crippen molar-refractivity contribution in [1.29, 1.82) is 5.26 Å². The van der Waals surface area contributed by atoms with Gasteiger partial charge in [0.15, 0.2) is 0 Å². The summed E-state index contributed by atoms with van der Waals surface area (Å²) >= 11 is 3.56. The first-order valence-electron chi connectivity index (χ1n) is 6.42. The summed E-state index contributed by atoms with van der Waals surface area (Å²) in [5, 5.41) is 15.4. The fourth-order valence-corrected chi connectivity index (χ4v) is 4.92. The molecule has 1 aliphatic rings. The first-order chi connectivity index (χ1) is 8.67. The lowest BCUT2D eigenvalue weighted by atomic mass is 9.82. The number of hydrogen-bond donors (Lipinski definition) is 1. The van der Waals surface area contributed by atoms with Crippen LogP contribution in [0.4, 0.5) is 0 Å². The van der Waals surface area contributed by atoms with E-state index in [1.807, 2.05) is 18.7 Å². The van der Waals surface area contributed by atoms with Crippen molar-refractivity contribution >= 4 is 23.1 Å². The van der Waals surface area contributed by atoms with Gasteiger partial charge in [-0.05, 0) is 39.2 Å². The van der Waals surface area contributed by atoms with Crippen LogP contribution in [-0.2, 0) is 0 Å². The molecule has 0 radical (unpaired) electrons. The summed E-state index contributed by atoms with van der Waals surface area (Å²) in [6, 6.07) is 2.50. The Kier molecular flexibility index (Phi) is 4.66. The van der Waals surface area contributed by atoms with Gasteiger partial charge in [-0.15, -0.1) is 11.3 Å². The standard InChI is InChI=1S/C13H19N3S2/c1-3-15-13(9-14)6-4-5-11(7-13)18-12-16-10(2)8-17-12/h8,11,15H,3-7H2,1-2H3. The molecule has 1 aromatic heterocycles. The van der Waals surface area contributed by atoms with Crippen molar-refractivity contribution in [3.8, 4) is 6.07 Å². The Morgan fingerprint density at radius 1 is 1.72 bits per heavy atom. The molecule has 0 aromatic carbocycles. The molecular formula is C13H19N3S2. The van der Waals surface area contributed by atoms with Crippen molar-refractivity contribution in [2.75, 3.05) is 6.54 Å². The summed E-state index contributed by atoms with van der Waals surface area (Å²) in [6.45, 7) is 4.96. The lowest BCUT2D eigenvalue weighted by molar-refractivity contribution is 0.309. The number of nitriles is 1. The van der Waals surface area contributed by atoms with Gasteiger partial charge in [-0.2, -0.15) is 5.26 Å². The quantitative estimate of drug-likeness (QED) is 0.919. The maximum absolute atomic E-state index is 9.43. The Morgan fingerprint density at radius 2 is 2.56 bits per heavy atom. The Hall–Kier alpha value is -0.570. The van der Waals surface area contributed by atoms with Crippen LogP contribution in [0.3, 0.4) is 0 Å². The molecule has 2 unspecified atom stereocenters. The molecule has 0 saturated heterocycles. The highest BCUT2D eigenvalue weighted by molar-refractivity contribution is 8.01. The molecule has 1 saturated carbocycles. The number of aromatic nitrogens is 1. The van der Waals surface area contributed by atoms with Gasteiger partial charge in [0.25, 0.3) is 0 Å². The maximum Gasteiger partial charge on any atom is 0.150 e. The Balaban J connectivity index is 2.00. The number of nitrogens with one attached hydrogen (secondary N) is 1. The van der Waals surface area contributed by atoms with E-state index in [-0.39, 0.29) is 5.54 Å². The van der Waals surface area contributed by atoms with E-state index in [2.05, 4.69) is 28.7 Å². The molecule has 0 aliphatic heterocycles. The van der Waals surface area contributed by atoms with Crippen molar-refractivity contribution in [2.45, 2.75) is 54.7 Å². The van der Waals surface area contributed by atoms with Gasteiger partial charge in [-0.25, -0.2) is 4.98 Å². The summed E-state index contributed by atoms with van der Waals surface area (Å²) < 4.78 is 1.14. The number of rotatable bonds is 4. The molecule has 5 heteroatoms. The molecule has 0 bridgehead atoms. The van der Waals surface area contributed by atoms with Crippen LogP contribution in [0.2, 0.25) is 0 Å². The van der Waals surface area contributed by atoms with Gasteiger partial charge in [0, 0.05) is 16.3 Å². The first kappa shape index (κ1) is 13.9. The van der Waals surface area contributed by atoms with E-state index < -0.39 is 0 Å². The third-order valence-corrected chi connectivity index (χ3v) is 5.66. The van der Waals surface area contributed by atoms with Crippen molar-refractivity contribution in [3.05, 3.63) is 11.1 Å². The molecule has 1 N–H and O–H groups in total. The predicted molar refractivity (Wildman–Crippen MR) is 77.0 cm³/mol. The fraction of sp³-hybridized carbons (Fsp3) is 0.692. The van der Waals surface area contributed by atoms with Crippen molar-refractivity contribution in [3.63, 3.8) is 0 Å². The zero-order valence-electron chi connectivity index (χ0n) is 10.9. The molecule has 3 nitrogen and oxygen atoms in total. The molecule has 2 rings (SSSR count). The highest BCUT2D eigenvalue weighted by atomic mass is 32.2. The van der Waals surface area contributed by atoms with E-state index in [0.29, 0.717) is 5.25 Å². The molecule has 0 amide bonds. The minimum Gasteiger partial charge on any atom is -0.300 e. The highest BCUT2D eigenvalue weighted by Crippen LogP contribution is 2.38. The summed E-state index contributed by atoms with van der Waals surface area (Å²) in [5.74, 6) is 0.